The number of H-pyrrole nitrogens is 1. The summed E-state index contributed by atoms with van der Waals surface area (Å²) in [4.78, 5) is 10.2. The standard InChI is InChI=1S/C14H11N3S2/c1-8-9(2)19-14(18-8)10(7-15)13-16-11-5-3-4-6-12(11)17-13/h3-6H,1-2H3,(H,16,17). The third-order valence-electron chi connectivity index (χ3n) is 2.93. The van der Waals surface area contributed by atoms with Crippen molar-refractivity contribution in [3.63, 3.8) is 0 Å². The van der Waals surface area contributed by atoms with Crippen LogP contribution in [0.3, 0.4) is 0 Å². The van der Waals surface area contributed by atoms with Gasteiger partial charge >= 0.3 is 0 Å². The Morgan fingerprint density at radius 3 is 2.53 bits per heavy atom. The summed E-state index contributed by atoms with van der Waals surface area (Å²) < 4.78 is 1.01. The summed E-state index contributed by atoms with van der Waals surface area (Å²) in [6.45, 7) is 4.15. The SMILES string of the molecule is CC1=C(C)SC(=C(C#N)c2nc3ccccc3[nH]2)S1. The number of aromatic nitrogens is 2. The quantitative estimate of drug-likeness (QED) is 0.784. The van der Waals surface area contributed by atoms with E-state index in [4.69, 9.17) is 0 Å². The molecule has 0 saturated carbocycles. The Morgan fingerprint density at radius 2 is 1.89 bits per heavy atom. The molecule has 0 unspecified atom stereocenters. The van der Waals surface area contributed by atoms with E-state index in [9.17, 15) is 5.26 Å². The van der Waals surface area contributed by atoms with Gasteiger partial charge in [0.1, 0.15) is 11.6 Å². The van der Waals surface area contributed by atoms with Crippen LogP contribution >= 0.6 is 23.5 Å². The number of rotatable bonds is 1. The molecule has 3 nitrogen and oxygen atoms in total. The third-order valence-corrected chi connectivity index (χ3v) is 5.56. The summed E-state index contributed by atoms with van der Waals surface area (Å²) in [5, 5.41) is 9.42. The molecule has 19 heavy (non-hydrogen) atoms. The maximum absolute atomic E-state index is 9.42. The number of nitrogens with one attached hydrogen (secondary N) is 1. The molecule has 0 atom stereocenters. The molecule has 0 amide bonds. The molecule has 0 saturated heterocycles. The minimum atomic E-state index is 0.627. The van der Waals surface area contributed by atoms with Crippen molar-refractivity contribution in [1.82, 2.24) is 9.97 Å². The van der Waals surface area contributed by atoms with Gasteiger partial charge in [-0.2, -0.15) is 5.26 Å². The topological polar surface area (TPSA) is 52.5 Å². The van der Waals surface area contributed by atoms with Crippen molar-refractivity contribution in [2.24, 2.45) is 0 Å². The molecule has 5 heteroatoms. The van der Waals surface area contributed by atoms with Crippen LogP contribution in [0.1, 0.15) is 19.7 Å². The van der Waals surface area contributed by atoms with E-state index in [1.54, 1.807) is 23.5 Å². The van der Waals surface area contributed by atoms with Crippen LogP contribution in [0.15, 0.2) is 38.3 Å². The largest absolute Gasteiger partial charge is 0.337 e. The number of aromatic amines is 1. The molecule has 2 heterocycles. The predicted molar refractivity (Wildman–Crippen MR) is 82.2 cm³/mol. The van der Waals surface area contributed by atoms with Gasteiger partial charge in [0.05, 0.1) is 15.3 Å². The number of hydrogen-bond acceptors (Lipinski definition) is 4. The lowest BCUT2D eigenvalue weighted by atomic mass is 10.3. The molecule has 0 fully saturated rings. The lowest BCUT2D eigenvalue weighted by Gasteiger charge is -1.98. The highest BCUT2D eigenvalue weighted by Gasteiger charge is 2.21. The molecular formula is C14H11N3S2. The number of nitriles is 1. The van der Waals surface area contributed by atoms with Crippen molar-refractivity contribution in [3.8, 4) is 6.07 Å². The first-order valence-corrected chi connectivity index (χ1v) is 7.45. The number of nitrogens with zero attached hydrogens (tertiary/aromatic N) is 2. The van der Waals surface area contributed by atoms with Gasteiger partial charge < -0.3 is 4.98 Å². The van der Waals surface area contributed by atoms with Crippen molar-refractivity contribution in [2.75, 3.05) is 0 Å². The zero-order valence-corrected chi connectivity index (χ0v) is 12.2. The van der Waals surface area contributed by atoms with Crippen LogP contribution in [0.4, 0.5) is 0 Å². The van der Waals surface area contributed by atoms with Crippen molar-refractivity contribution in [2.45, 2.75) is 13.8 Å². The molecule has 94 valence electrons. The first-order chi connectivity index (χ1) is 9.19. The Labute approximate surface area is 119 Å². The number of thioether (sulfide) groups is 2. The summed E-state index contributed by atoms with van der Waals surface area (Å²) in [5.74, 6) is 0.654. The Morgan fingerprint density at radius 1 is 1.21 bits per heavy atom. The van der Waals surface area contributed by atoms with E-state index in [1.165, 1.54) is 9.81 Å². The summed E-state index contributed by atoms with van der Waals surface area (Å²) >= 11 is 3.30. The van der Waals surface area contributed by atoms with Crippen LogP contribution in [-0.2, 0) is 0 Å². The van der Waals surface area contributed by atoms with Gasteiger partial charge in [-0.05, 0) is 35.8 Å². The number of hydrogen-bond donors (Lipinski definition) is 1. The predicted octanol–water partition coefficient (Wildman–Crippen LogP) is 4.49. The van der Waals surface area contributed by atoms with Crippen LogP contribution in [-0.4, -0.2) is 9.97 Å². The Kier molecular flexibility index (Phi) is 3.13. The van der Waals surface area contributed by atoms with E-state index in [-0.39, 0.29) is 0 Å². The lowest BCUT2D eigenvalue weighted by Crippen LogP contribution is -1.86. The Bertz CT molecular complexity index is 713. The average Bonchev–Trinajstić information content (AvgIpc) is 2.95. The van der Waals surface area contributed by atoms with Gasteiger partial charge in [0.2, 0.25) is 0 Å². The molecule has 0 spiro atoms. The van der Waals surface area contributed by atoms with Crippen molar-refractivity contribution >= 4 is 40.1 Å². The number of fused-ring (bicyclic) bond motifs is 1. The fourth-order valence-corrected chi connectivity index (χ4v) is 4.31. The number of allylic oxidation sites excluding steroid dienone is 3. The monoisotopic (exact) mass is 285 g/mol. The Hall–Kier alpha value is -1.64. The number of benzene rings is 1. The molecule has 1 aliphatic heterocycles. The van der Waals surface area contributed by atoms with Gasteiger partial charge in [-0.15, -0.1) is 0 Å². The first kappa shape index (κ1) is 12.4. The van der Waals surface area contributed by atoms with Gasteiger partial charge in [-0.3, -0.25) is 0 Å². The smallest absolute Gasteiger partial charge is 0.150 e. The summed E-state index contributed by atoms with van der Waals surface area (Å²) in [7, 11) is 0. The van der Waals surface area contributed by atoms with E-state index in [2.05, 4.69) is 29.9 Å². The minimum Gasteiger partial charge on any atom is -0.337 e. The van der Waals surface area contributed by atoms with Gasteiger partial charge in [0.15, 0.2) is 5.82 Å². The normalized spacial score (nSPS) is 15.1. The molecule has 1 aromatic carbocycles. The fraction of sp³-hybridized carbons (Fsp3) is 0.143. The molecule has 0 radical (unpaired) electrons. The molecule has 0 aliphatic carbocycles. The van der Waals surface area contributed by atoms with Gasteiger partial charge in [0.25, 0.3) is 0 Å². The van der Waals surface area contributed by atoms with E-state index in [1.807, 2.05) is 24.3 Å². The molecule has 3 rings (SSSR count). The van der Waals surface area contributed by atoms with E-state index in [0.717, 1.165) is 15.3 Å². The van der Waals surface area contributed by atoms with E-state index in [0.29, 0.717) is 11.4 Å². The summed E-state index contributed by atoms with van der Waals surface area (Å²) in [6, 6.07) is 10.1. The average molecular weight is 285 g/mol. The molecule has 1 N–H and O–H groups in total. The summed E-state index contributed by atoms with van der Waals surface area (Å²) in [5.41, 5.74) is 2.47. The minimum absolute atomic E-state index is 0.627. The Balaban J connectivity index is 2.09. The van der Waals surface area contributed by atoms with Crippen LogP contribution in [0.25, 0.3) is 16.6 Å². The third kappa shape index (κ3) is 2.18. The van der Waals surface area contributed by atoms with Gasteiger partial charge in [0, 0.05) is 0 Å². The van der Waals surface area contributed by atoms with Crippen LogP contribution < -0.4 is 0 Å². The number of para-hydroxylation sites is 2. The number of imidazole rings is 1. The van der Waals surface area contributed by atoms with Crippen molar-refractivity contribution < 1.29 is 0 Å². The van der Waals surface area contributed by atoms with Crippen LogP contribution in [0.5, 0.6) is 0 Å². The second kappa shape index (κ2) is 4.80. The molecular weight excluding hydrogens is 274 g/mol. The first-order valence-electron chi connectivity index (χ1n) is 5.81. The van der Waals surface area contributed by atoms with Crippen molar-refractivity contribution in [1.29, 1.82) is 5.26 Å². The van der Waals surface area contributed by atoms with Gasteiger partial charge in [-0.25, -0.2) is 4.98 Å². The zero-order valence-electron chi connectivity index (χ0n) is 10.5. The molecule has 1 aromatic heterocycles. The van der Waals surface area contributed by atoms with Crippen LogP contribution in [0, 0.1) is 11.3 Å². The van der Waals surface area contributed by atoms with Crippen molar-refractivity contribution in [3.05, 3.63) is 44.1 Å². The highest BCUT2D eigenvalue weighted by molar-refractivity contribution is 8.28. The molecule has 0 bridgehead atoms. The maximum atomic E-state index is 9.42. The molecule has 2 aromatic rings. The molecule has 1 aliphatic rings. The highest BCUT2D eigenvalue weighted by atomic mass is 32.2. The van der Waals surface area contributed by atoms with Crippen LogP contribution in [0.2, 0.25) is 0 Å². The second-order valence-electron chi connectivity index (χ2n) is 4.19. The highest BCUT2D eigenvalue weighted by Crippen LogP contribution is 2.51. The lowest BCUT2D eigenvalue weighted by molar-refractivity contribution is 1.27. The second-order valence-corrected chi connectivity index (χ2v) is 6.90. The maximum Gasteiger partial charge on any atom is 0.150 e. The van der Waals surface area contributed by atoms with E-state index < -0.39 is 0 Å². The fourth-order valence-electron chi connectivity index (χ4n) is 1.81. The summed E-state index contributed by atoms with van der Waals surface area (Å²) in [6.07, 6.45) is 0. The van der Waals surface area contributed by atoms with E-state index >= 15 is 0 Å². The zero-order chi connectivity index (χ0) is 13.4. The van der Waals surface area contributed by atoms with Gasteiger partial charge in [-0.1, -0.05) is 35.7 Å².